The lowest BCUT2D eigenvalue weighted by Gasteiger charge is -2.34. The molecule has 1 amide bonds. The van der Waals surface area contributed by atoms with Crippen LogP contribution >= 0.6 is 0 Å². The molecule has 1 aromatic heterocycles. The standard InChI is InChI=1S/C24H25N3O2/c1-29-22-10-9-18(16-25-22)27-13-11-24(12-14-27)15-21(24)26-23(28)20-8-4-6-17-5-2-3-7-19(17)20/h2-10,16,21H,11-15H2,1H3,(H,26,28). The average Bonchev–Trinajstić information content (AvgIpc) is 3.44. The third-order valence-corrected chi connectivity index (χ3v) is 6.58. The monoisotopic (exact) mass is 387 g/mol. The fourth-order valence-electron chi connectivity index (χ4n) is 4.65. The number of methoxy groups -OCH3 is 1. The molecule has 2 fully saturated rings. The van der Waals surface area contributed by atoms with Crippen molar-refractivity contribution in [2.45, 2.75) is 25.3 Å². The molecule has 3 aromatic rings. The van der Waals surface area contributed by atoms with Crippen molar-refractivity contribution in [1.29, 1.82) is 0 Å². The molecular weight excluding hydrogens is 362 g/mol. The zero-order chi connectivity index (χ0) is 19.8. The van der Waals surface area contributed by atoms with Crippen molar-refractivity contribution in [3.63, 3.8) is 0 Å². The summed E-state index contributed by atoms with van der Waals surface area (Å²) in [5.41, 5.74) is 2.17. The molecule has 1 saturated heterocycles. The van der Waals surface area contributed by atoms with Crippen molar-refractivity contribution in [2.75, 3.05) is 25.1 Å². The second-order valence-electron chi connectivity index (χ2n) is 8.17. The summed E-state index contributed by atoms with van der Waals surface area (Å²) in [6.45, 7) is 1.99. The fourth-order valence-corrected chi connectivity index (χ4v) is 4.65. The number of carbonyl (C=O) groups excluding carboxylic acids is 1. The van der Waals surface area contributed by atoms with Gasteiger partial charge in [0.25, 0.3) is 5.91 Å². The van der Waals surface area contributed by atoms with Gasteiger partial charge in [-0.3, -0.25) is 4.79 Å². The molecule has 0 bridgehead atoms. The molecule has 2 heterocycles. The minimum Gasteiger partial charge on any atom is -0.481 e. The first-order valence-corrected chi connectivity index (χ1v) is 10.2. The average molecular weight is 387 g/mol. The van der Waals surface area contributed by atoms with Gasteiger partial charge in [0.2, 0.25) is 5.88 Å². The second kappa shape index (κ2) is 7.07. The highest BCUT2D eigenvalue weighted by Crippen LogP contribution is 2.54. The summed E-state index contributed by atoms with van der Waals surface area (Å²) in [5.74, 6) is 0.686. The largest absolute Gasteiger partial charge is 0.481 e. The number of nitrogens with zero attached hydrogens (tertiary/aromatic N) is 2. The Labute approximate surface area is 170 Å². The van der Waals surface area contributed by atoms with Gasteiger partial charge in [-0.2, -0.15) is 0 Å². The van der Waals surface area contributed by atoms with E-state index in [2.05, 4.69) is 33.4 Å². The molecule has 1 N–H and O–H groups in total. The highest BCUT2D eigenvalue weighted by Gasteiger charge is 2.55. The van der Waals surface area contributed by atoms with Crippen molar-refractivity contribution in [3.05, 3.63) is 66.4 Å². The topological polar surface area (TPSA) is 54.5 Å². The number of pyridine rings is 1. The number of aromatic nitrogens is 1. The van der Waals surface area contributed by atoms with Gasteiger partial charge in [-0.1, -0.05) is 36.4 Å². The summed E-state index contributed by atoms with van der Waals surface area (Å²) in [5, 5.41) is 5.43. The maximum absolute atomic E-state index is 12.9. The van der Waals surface area contributed by atoms with Crippen molar-refractivity contribution in [2.24, 2.45) is 5.41 Å². The van der Waals surface area contributed by atoms with Gasteiger partial charge in [-0.05, 0) is 47.6 Å². The molecule has 1 aliphatic heterocycles. The fraction of sp³-hybridized carbons (Fsp3) is 0.333. The second-order valence-corrected chi connectivity index (χ2v) is 8.17. The highest BCUT2D eigenvalue weighted by atomic mass is 16.5. The van der Waals surface area contributed by atoms with Crippen LogP contribution in [0.5, 0.6) is 5.88 Å². The summed E-state index contributed by atoms with van der Waals surface area (Å²) < 4.78 is 5.14. The van der Waals surface area contributed by atoms with Crippen LogP contribution in [-0.4, -0.2) is 37.1 Å². The number of piperidine rings is 1. The van der Waals surface area contributed by atoms with E-state index < -0.39 is 0 Å². The number of amides is 1. The Morgan fingerprint density at radius 2 is 1.90 bits per heavy atom. The molecule has 5 rings (SSSR count). The molecule has 148 valence electrons. The van der Waals surface area contributed by atoms with E-state index in [1.807, 2.05) is 42.6 Å². The lowest BCUT2D eigenvalue weighted by molar-refractivity contribution is 0.0945. The van der Waals surface area contributed by atoms with E-state index in [0.717, 1.165) is 54.4 Å². The van der Waals surface area contributed by atoms with E-state index in [1.54, 1.807) is 7.11 Å². The quantitative estimate of drug-likeness (QED) is 0.734. The van der Waals surface area contributed by atoms with Crippen LogP contribution in [0.1, 0.15) is 29.6 Å². The number of benzene rings is 2. The SMILES string of the molecule is COc1ccc(N2CCC3(CC2)CC3NC(=O)c2cccc3ccccc23)cn1. The first-order chi connectivity index (χ1) is 14.2. The van der Waals surface area contributed by atoms with E-state index in [-0.39, 0.29) is 17.4 Å². The van der Waals surface area contributed by atoms with Gasteiger partial charge >= 0.3 is 0 Å². The van der Waals surface area contributed by atoms with Gasteiger partial charge in [-0.15, -0.1) is 0 Å². The smallest absolute Gasteiger partial charge is 0.252 e. The predicted octanol–water partition coefficient (Wildman–Crippen LogP) is 4.03. The number of nitrogens with one attached hydrogen (secondary N) is 1. The summed E-state index contributed by atoms with van der Waals surface area (Å²) in [6, 6.07) is 18.3. The summed E-state index contributed by atoms with van der Waals surface area (Å²) in [7, 11) is 1.63. The van der Waals surface area contributed by atoms with Crippen LogP contribution in [0.3, 0.4) is 0 Å². The molecule has 1 saturated carbocycles. The van der Waals surface area contributed by atoms with Crippen LogP contribution in [0, 0.1) is 5.41 Å². The minimum atomic E-state index is 0.0467. The van der Waals surface area contributed by atoms with Crippen LogP contribution in [0.15, 0.2) is 60.8 Å². The maximum atomic E-state index is 12.9. The van der Waals surface area contributed by atoms with Crippen LogP contribution < -0.4 is 15.0 Å². The van der Waals surface area contributed by atoms with Crippen molar-refractivity contribution in [3.8, 4) is 5.88 Å². The van der Waals surface area contributed by atoms with Crippen LogP contribution in [0.2, 0.25) is 0 Å². The molecule has 1 aliphatic carbocycles. The number of fused-ring (bicyclic) bond motifs is 1. The molecule has 2 aromatic carbocycles. The first-order valence-electron chi connectivity index (χ1n) is 10.2. The number of hydrogen-bond acceptors (Lipinski definition) is 4. The van der Waals surface area contributed by atoms with E-state index >= 15 is 0 Å². The molecule has 0 radical (unpaired) electrons. The third kappa shape index (κ3) is 3.31. The minimum absolute atomic E-state index is 0.0467. The number of carbonyl (C=O) groups is 1. The van der Waals surface area contributed by atoms with E-state index in [0.29, 0.717) is 5.88 Å². The van der Waals surface area contributed by atoms with Crippen molar-refractivity contribution < 1.29 is 9.53 Å². The lowest BCUT2D eigenvalue weighted by Crippen LogP contribution is -2.38. The van der Waals surface area contributed by atoms with E-state index in [9.17, 15) is 4.79 Å². The summed E-state index contributed by atoms with van der Waals surface area (Å²) in [4.78, 5) is 19.6. The number of ether oxygens (including phenoxy) is 1. The van der Waals surface area contributed by atoms with Gasteiger partial charge in [0.05, 0.1) is 19.0 Å². The Morgan fingerprint density at radius 3 is 2.66 bits per heavy atom. The molecule has 2 aliphatic rings. The zero-order valence-corrected chi connectivity index (χ0v) is 16.6. The Kier molecular flexibility index (Phi) is 4.38. The van der Waals surface area contributed by atoms with Gasteiger partial charge in [0, 0.05) is 30.8 Å². The van der Waals surface area contributed by atoms with Gasteiger partial charge in [0.15, 0.2) is 0 Å². The Balaban J connectivity index is 1.22. The van der Waals surface area contributed by atoms with Crippen LogP contribution in [-0.2, 0) is 0 Å². The molecule has 5 nitrogen and oxygen atoms in total. The van der Waals surface area contributed by atoms with Crippen LogP contribution in [0.4, 0.5) is 5.69 Å². The Bertz CT molecular complexity index is 1030. The molecule has 1 unspecified atom stereocenters. The van der Waals surface area contributed by atoms with Crippen molar-refractivity contribution in [1.82, 2.24) is 10.3 Å². The summed E-state index contributed by atoms with van der Waals surface area (Å²) >= 11 is 0. The first kappa shape index (κ1) is 18.0. The van der Waals surface area contributed by atoms with E-state index in [4.69, 9.17) is 4.74 Å². The molecule has 5 heteroatoms. The molecular formula is C24H25N3O2. The third-order valence-electron chi connectivity index (χ3n) is 6.58. The van der Waals surface area contributed by atoms with Gasteiger partial charge < -0.3 is 15.0 Å². The number of anilines is 1. The molecule has 1 spiro atoms. The summed E-state index contributed by atoms with van der Waals surface area (Å²) in [6.07, 6.45) is 5.15. The normalized spacial score (nSPS) is 19.9. The Hall–Kier alpha value is -3.08. The van der Waals surface area contributed by atoms with Crippen molar-refractivity contribution >= 4 is 22.4 Å². The maximum Gasteiger partial charge on any atom is 0.252 e. The van der Waals surface area contributed by atoms with E-state index in [1.165, 1.54) is 0 Å². The van der Waals surface area contributed by atoms with Crippen LogP contribution in [0.25, 0.3) is 10.8 Å². The lowest BCUT2D eigenvalue weighted by atomic mass is 9.92. The van der Waals surface area contributed by atoms with Gasteiger partial charge in [0.1, 0.15) is 0 Å². The zero-order valence-electron chi connectivity index (χ0n) is 16.6. The molecule has 1 atom stereocenters. The highest BCUT2D eigenvalue weighted by molar-refractivity contribution is 6.07. The van der Waals surface area contributed by atoms with Gasteiger partial charge in [-0.25, -0.2) is 4.98 Å². The number of rotatable bonds is 4. The number of hydrogen-bond donors (Lipinski definition) is 1. The predicted molar refractivity (Wildman–Crippen MR) is 114 cm³/mol. The Morgan fingerprint density at radius 1 is 1.10 bits per heavy atom. The molecule has 29 heavy (non-hydrogen) atoms.